The first-order valence-electron chi connectivity index (χ1n) is 6.60. The van der Waals surface area contributed by atoms with Crippen LogP contribution in [-0.2, 0) is 10.2 Å². The minimum absolute atomic E-state index is 0.685. The van der Waals surface area contributed by atoms with Crippen molar-refractivity contribution in [2.75, 3.05) is 7.11 Å². The van der Waals surface area contributed by atoms with Crippen molar-refractivity contribution in [3.05, 3.63) is 27.7 Å². The lowest BCUT2D eigenvalue weighted by Crippen LogP contribution is -2.39. The second-order valence-corrected chi connectivity index (χ2v) is 6.05. The molecule has 4 heteroatoms. The Morgan fingerprint density at radius 1 is 1.32 bits per heavy atom. The molecule has 0 amide bonds. The average Bonchev–Trinajstić information content (AvgIpc) is 2.42. The lowest BCUT2D eigenvalue weighted by Gasteiger charge is -2.36. The van der Waals surface area contributed by atoms with Gasteiger partial charge in [0.05, 0.1) is 12.5 Å². The third-order valence-corrected chi connectivity index (χ3v) is 5.03. The van der Waals surface area contributed by atoms with Crippen LogP contribution in [0.4, 0.5) is 0 Å². The predicted octanol–water partition coefficient (Wildman–Crippen LogP) is 4.05. The number of carboxylic acid groups (broad SMARTS) is 1. The zero-order valence-electron chi connectivity index (χ0n) is 11.3. The van der Waals surface area contributed by atoms with Crippen LogP contribution >= 0.6 is 15.9 Å². The lowest BCUT2D eigenvalue weighted by atomic mass is 9.68. The number of aliphatic carboxylic acids is 1. The summed E-state index contributed by atoms with van der Waals surface area (Å²) in [5, 5.41) is 9.81. The number of hydrogen-bond donors (Lipinski definition) is 1. The molecule has 0 bridgehead atoms. The van der Waals surface area contributed by atoms with Crippen LogP contribution in [0.5, 0.6) is 5.75 Å². The summed E-state index contributed by atoms with van der Waals surface area (Å²) < 4.78 is 6.36. The Labute approximate surface area is 122 Å². The van der Waals surface area contributed by atoms with Gasteiger partial charge in [0, 0.05) is 10.0 Å². The molecule has 0 atom stereocenters. The molecule has 0 radical (unpaired) electrons. The first kappa shape index (κ1) is 14.4. The Hall–Kier alpha value is -1.03. The highest BCUT2D eigenvalue weighted by Crippen LogP contribution is 2.46. The van der Waals surface area contributed by atoms with Crippen molar-refractivity contribution in [3.8, 4) is 5.75 Å². The van der Waals surface area contributed by atoms with E-state index < -0.39 is 11.4 Å². The third-order valence-electron chi connectivity index (χ3n) is 4.18. The summed E-state index contributed by atoms with van der Waals surface area (Å²) in [7, 11) is 1.60. The number of benzene rings is 1. The molecule has 0 aromatic heterocycles. The molecule has 0 heterocycles. The molecule has 19 heavy (non-hydrogen) atoms. The molecule has 2 rings (SSSR count). The molecular weight excluding hydrogens is 308 g/mol. The summed E-state index contributed by atoms with van der Waals surface area (Å²) in [6.45, 7) is 1.96. The van der Waals surface area contributed by atoms with Gasteiger partial charge in [-0.1, -0.05) is 35.2 Å². The standard InChI is InChI=1S/C15H19BrO3/c1-10-11(16)6-7-12(19-2)13(10)15(14(17)18)8-4-3-5-9-15/h6-7H,3-5,8-9H2,1-2H3,(H,17,18). The Kier molecular flexibility index (Phi) is 4.19. The first-order valence-corrected chi connectivity index (χ1v) is 7.39. The van der Waals surface area contributed by atoms with Crippen LogP contribution in [0, 0.1) is 6.92 Å². The first-order chi connectivity index (χ1) is 9.03. The number of methoxy groups -OCH3 is 1. The van der Waals surface area contributed by atoms with Crippen LogP contribution in [0.3, 0.4) is 0 Å². The normalized spacial score (nSPS) is 18.1. The van der Waals surface area contributed by atoms with Gasteiger partial charge in [-0.2, -0.15) is 0 Å². The number of ether oxygens (including phenoxy) is 1. The van der Waals surface area contributed by atoms with Gasteiger partial charge in [0.2, 0.25) is 0 Å². The number of hydrogen-bond acceptors (Lipinski definition) is 2. The molecule has 1 aromatic carbocycles. The van der Waals surface area contributed by atoms with E-state index in [0.717, 1.165) is 34.9 Å². The maximum absolute atomic E-state index is 11.9. The van der Waals surface area contributed by atoms with Crippen molar-refractivity contribution in [2.45, 2.75) is 44.4 Å². The molecule has 1 aliphatic carbocycles. The molecule has 0 unspecified atom stereocenters. The summed E-state index contributed by atoms with van der Waals surface area (Å²) >= 11 is 3.50. The van der Waals surface area contributed by atoms with Gasteiger partial charge in [-0.25, -0.2) is 0 Å². The van der Waals surface area contributed by atoms with Gasteiger partial charge in [0.25, 0.3) is 0 Å². The lowest BCUT2D eigenvalue weighted by molar-refractivity contribution is -0.145. The van der Waals surface area contributed by atoms with Gasteiger partial charge in [-0.3, -0.25) is 4.79 Å². The summed E-state index contributed by atoms with van der Waals surface area (Å²) in [5.41, 5.74) is 1.03. The van der Waals surface area contributed by atoms with Crippen LogP contribution in [0.15, 0.2) is 16.6 Å². The summed E-state index contributed by atoms with van der Waals surface area (Å²) in [6, 6.07) is 3.77. The van der Waals surface area contributed by atoms with E-state index in [1.165, 1.54) is 0 Å². The van der Waals surface area contributed by atoms with Crippen molar-refractivity contribution in [1.29, 1.82) is 0 Å². The van der Waals surface area contributed by atoms with Crippen LogP contribution < -0.4 is 4.74 Å². The fourth-order valence-electron chi connectivity index (χ4n) is 3.15. The third kappa shape index (κ3) is 2.38. The summed E-state index contributed by atoms with van der Waals surface area (Å²) in [4.78, 5) is 11.9. The zero-order valence-corrected chi connectivity index (χ0v) is 12.9. The van der Waals surface area contributed by atoms with Crippen LogP contribution in [0.2, 0.25) is 0 Å². The van der Waals surface area contributed by atoms with E-state index in [1.807, 2.05) is 19.1 Å². The molecule has 1 aliphatic rings. The fraction of sp³-hybridized carbons (Fsp3) is 0.533. The fourth-order valence-corrected chi connectivity index (χ4v) is 3.48. The van der Waals surface area contributed by atoms with Crippen molar-refractivity contribution in [3.63, 3.8) is 0 Å². The smallest absolute Gasteiger partial charge is 0.314 e. The van der Waals surface area contributed by atoms with Gasteiger partial charge in [0.15, 0.2) is 0 Å². The second kappa shape index (κ2) is 5.53. The molecule has 0 saturated heterocycles. The second-order valence-electron chi connectivity index (χ2n) is 5.20. The molecule has 3 nitrogen and oxygen atoms in total. The van der Waals surface area contributed by atoms with E-state index in [1.54, 1.807) is 7.11 Å². The zero-order chi connectivity index (χ0) is 14.0. The molecule has 104 valence electrons. The molecule has 0 aliphatic heterocycles. The van der Waals surface area contributed by atoms with Gasteiger partial charge in [-0.15, -0.1) is 0 Å². The van der Waals surface area contributed by atoms with Crippen molar-refractivity contribution < 1.29 is 14.6 Å². The van der Waals surface area contributed by atoms with Crippen molar-refractivity contribution in [1.82, 2.24) is 0 Å². The van der Waals surface area contributed by atoms with E-state index in [2.05, 4.69) is 15.9 Å². The van der Waals surface area contributed by atoms with Gasteiger partial charge in [-0.05, 0) is 37.5 Å². The Morgan fingerprint density at radius 3 is 2.47 bits per heavy atom. The van der Waals surface area contributed by atoms with Crippen LogP contribution in [0.1, 0.15) is 43.2 Å². The van der Waals surface area contributed by atoms with E-state index in [-0.39, 0.29) is 0 Å². The maximum Gasteiger partial charge on any atom is 0.314 e. The van der Waals surface area contributed by atoms with Gasteiger partial charge in [0.1, 0.15) is 5.75 Å². The highest BCUT2D eigenvalue weighted by Gasteiger charge is 2.44. The van der Waals surface area contributed by atoms with E-state index in [0.29, 0.717) is 18.6 Å². The monoisotopic (exact) mass is 326 g/mol. The predicted molar refractivity (Wildman–Crippen MR) is 77.8 cm³/mol. The highest BCUT2D eigenvalue weighted by molar-refractivity contribution is 9.10. The largest absolute Gasteiger partial charge is 0.496 e. The minimum atomic E-state index is -0.794. The summed E-state index contributed by atoms with van der Waals surface area (Å²) in [5.74, 6) is -0.0447. The van der Waals surface area contributed by atoms with E-state index in [4.69, 9.17) is 4.74 Å². The molecule has 1 aromatic rings. The Balaban J connectivity index is 2.65. The van der Waals surface area contributed by atoms with Gasteiger partial charge < -0.3 is 9.84 Å². The Bertz CT molecular complexity index is 490. The number of halogens is 1. The van der Waals surface area contributed by atoms with Crippen molar-refractivity contribution in [2.24, 2.45) is 0 Å². The molecule has 0 spiro atoms. The van der Waals surface area contributed by atoms with Gasteiger partial charge >= 0.3 is 5.97 Å². The summed E-state index contributed by atoms with van der Waals surface area (Å²) in [6.07, 6.45) is 4.42. The van der Waals surface area contributed by atoms with E-state index in [9.17, 15) is 9.90 Å². The molecule has 1 fully saturated rings. The topological polar surface area (TPSA) is 46.5 Å². The number of carboxylic acids is 1. The molecular formula is C15H19BrO3. The Morgan fingerprint density at radius 2 is 1.95 bits per heavy atom. The quantitative estimate of drug-likeness (QED) is 0.911. The van der Waals surface area contributed by atoms with E-state index >= 15 is 0 Å². The van der Waals surface area contributed by atoms with Crippen LogP contribution in [-0.4, -0.2) is 18.2 Å². The highest BCUT2D eigenvalue weighted by atomic mass is 79.9. The maximum atomic E-state index is 11.9. The molecule has 1 N–H and O–H groups in total. The number of carbonyl (C=O) groups is 1. The average molecular weight is 327 g/mol. The minimum Gasteiger partial charge on any atom is -0.496 e. The molecule has 1 saturated carbocycles. The van der Waals surface area contributed by atoms with Crippen LogP contribution in [0.25, 0.3) is 0 Å². The van der Waals surface area contributed by atoms with Crippen molar-refractivity contribution >= 4 is 21.9 Å². The number of rotatable bonds is 3. The SMILES string of the molecule is COc1ccc(Br)c(C)c1C1(C(=O)O)CCCCC1.